The van der Waals surface area contributed by atoms with E-state index in [1.54, 1.807) is 0 Å². The van der Waals surface area contributed by atoms with E-state index in [1.165, 1.54) is 11.1 Å². The molecule has 0 spiro atoms. The zero-order chi connectivity index (χ0) is 15.2. The SMILES string of the molecule is CC(N)Cc1ccc(Cl)cc1N(C)CCc1ccncc1. The Morgan fingerprint density at radius 2 is 1.95 bits per heavy atom. The van der Waals surface area contributed by atoms with Crippen molar-refractivity contribution in [2.45, 2.75) is 25.8 Å². The van der Waals surface area contributed by atoms with Crippen molar-refractivity contribution in [3.8, 4) is 0 Å². The predicted molar refractivity (Wildman–Crippen MR) is 90.0 cm³/mol. The number of nitrogens with zero attached hydrogens (tertiary/aromatic N) is 2. The van der Waals surface area contributed by atoms with Gasteiger partial charge in [0.05, 0.1) is 0 Å². The minimum absolute atomic E-state index is 0.138. The standard InChI is InChI=1S/C17H22ClN3/c1-13(19)11-15-3-4-16(18)12-17(15)21(2)10-7-14-5-8-20-9-6-14/h3-6,8-9,12-13H,7,10-11,19H2,1-2H3. The first kappa shape index (κ1) is 15.8. The van der Waals surface area contributed by atoms with Crippen LogP contribution < -0.4 is 10.6 Å². The summed E-state index contributed by atoms with van der Waals surface area (Å²) < 4.78 is 0. The van der Waals surface area contributed by atoms with Crippen LogP contribution in [0.5, 0.6) is 0 Å². The maximum Gasteiger partial charge on any atom is 0.0426 e. The maximum absolute atomic E-state index is 6.15. The van der Waals surface area contributed by atoms with E-state index in [-0.39, 0.29) is 6.04 Å². The van der Waals surface area contributed by atoms with Gasteiger partial charge in [0.15, 0.2) is 0 Å². The van der Waals surface area contributed by atoms with Gasteiger partial charge in [0.1, 0.15) is 0 Å². The average molecular weight is 304 g/mol. The smallest absolute Gasteiger partial charge is 0.0426 e. The first-order chi connectivity index (χ1) is 10.1. The van der Waals surface area contributed by atoms with E-state index in [0.29, 0.717) is 0 Å². The fourth-order valence-electron chi connectivity index (χ4n) is 2.38. The van der Waals surface area contributed by atoms with Crippen LogP contribution in [0.25, 0.3) is 0 Å². The van der Waals surface area contributed by atoms with E-state index in [9.17, 15) is 0 Å². The third-order valence-electron chi connectivity index (χ3n) is 3.49. The summed E-state index contributed by atoms with van der Waals surface area (Å²) >= 11 is 6.15. The number of nitrogens with two attached hydrogens (primary N) is 1. The molecule has 4 heteroatoms. The van der Waals surface area contributed by atoms with E-state index in [1.807, 2.05) is 31.5 Å². The predicted octanol–water partition coefficient (Wildman–Crippen LogP) is 3.30. The summed E-state index contributed by atoms with van der Waals surface area (Å²) in [6, 6.07) is 10.3. The fraction of sp³-hybridized carbons (Fsp3) is 0.353. The molecule has 2 aromatic rings. The van der Waals surface area contributed by atoms with Crippen LogP contribution in [-0.2, 0) is 12.8 Å². The second kappa shape index (κ2) is 7.43. The molecule has 1 heterocycles. The second-order valence-corrected chi connectivity index (χ2v) is 5.92. The average Bonchev–Trinajstić information content (AvgIpc) is 2.47. The summed E-state index contributed by atoms with van der Waals surface area (Å²) in [6.45, 7) is 2.95. The highest BCUT2D eigenvalue weighted by molar-refractivity contribution is 6.30. The Balaban J connectivity index is 2.10. The van der Waals surface area contributed by atoms with E-state index in [2.05, 4.69) is 35.1 Å². The third kappa shape index (κ3) is 4.73. The van der Waals surface area contributed by atoms with Gasteiger partial charge in [0, 0.05) is 42.7 Å². The highest BCUT2D eigenvalue weighted by atomic mass is 35.5. The summed E-state index contributed by atoms with van der Waals surface area (Å²) in [5.74, 6) is 0. The first-order valence-electron chi connectivity index (χ1n) is 7.20. The van der Waals surface area contributed by atoms with Crippen molar-refractivity contribution in [2.24, 2.45) is 5.73 Å². The number of aromatic nitrogens is 1. The van der Waals surface area contributed by atoms with E-state index < -0.39 is 0 Å². The highest BCUT2D eigenvalue weighted by Crippen LogP contribution is 2.25. The van der Waals surface area contributed by atoms with Gasteiger partial charge < -0.3 is 10.6 Å². The Hall–Kier alpha value is -1.58. The molecule has 0 radical (unpaired) electrons. The number of rotatable bonds is 6. The summed E-state index contributed by atoms with van der Waals surface area (Å²) in [6.07, 6.45) is 5.49. The zero-order valence-corrected chi connectivity index (χ0v) is 13.3. The van der Waals surface area contributed by atoms with Crippen LogP contribution in [0, 0.1) is 0 Å². The first-order valence-corrected chi connectivity index (χ1v) is 7.58. The minimum atomic E-state index is 0.138. The molecule has 0 bridgehead atoms. The van der Waals surface area contributed by atoms with Crippen molar-refractivity contribution < 1.29 is 0 Å². The number of halogens is 1. The van der Waals surface area contributed by atoms with Crippen LogP contribution in [-0.4, -0.2) is 24.6 Å². The number of hydrogen-bond acceptors (Lipinski definition) is 3. The molecule has 1 aromatic heterocycles. The van der Waals surface area contributed by atoms with E-state index in [0.717, 1.165) is 30.1 Å². The monoisotopic (exact) mass is 303 g/mol. The summed E-state index contributed by atoms with van der Waals surface area (Å²) in [5.41, 5.74) is 9.63. The molecular weight excluding hydrogens is 282 g/mol. The lowest BCUT2D eigenvalue weighted by atomic mass is 10.0. The lowest BCUT2D eigenvalue weighted by Gasteiger charge is -2.23. The number of anilines is 1. The lowest BCUT2D eigenvalue weighted by molar-refractivity contribution is 0.733. The number of likely N-dealkylation sites (N-methyl/N-ethyl adjacent to an activating group) is 1. The molecule has 0 fully saturated rings. The van der Waals surface area contributed by atoms with Crippen LogP contribution in [0.1, 0.15) is 18.1 Å². The van der Waals surface area contributed by atoms with Crippen molar-refractivity contribution in [1.82, 2.24) is 4.98 Å². The van der Waals surface area contributed by atoms with Crippen LogP contribution in [0.2, 0.25) is 5.02 Å². The zero-order valence-electron chi connectivity index (χ0n) is 12.6. The van der Waals surface area contributed by atoms with Gasteiger partial charge in [-0.05, 0) is 55.2 Å². The van der Waals surface area contributed by atoms with Gasteiger partial charge in [0.2, 0.25) is 0 Å². The molecule has 0 aliphatic heterocycles. The van der Waals surface area contributed by atoms with Crippen LogP contribution in [0.4, 0.5) is 5.69 Å². The Labute approximate surface area is 131 Å². The van der Waals surface area contributed by atoms with Gasteiger partial charge in [-0.3, -0.25) is 4.98 Å². The van der Waals surface area contributed by atoms with Gasteiger partial charge in [-0.25, -0.2) is 0 Å². The normalized spacial score (nSPS) is 12.2. The maximum atomic E-state index is 6.15. The van der Waals surface area contributed by atoms with Crippen LogP contribution in [0.15, 0.2) is 42.7 Å². The number of benzene rings is 1. The van der Waals surface area contributed by atoms with Gasteiger partial charge in [0.25, 0.3) is 0 Å². The molecule has 0 amide bonds. The molecule has 0 aliphatic rings. The summed E-state index contributed by atoms with van der Waals surface area (Å²) in [5, 5.41) is 0.759. The quantitative estimate of drug-likeness (QED) is 0.890. The molecule has 2 N–H and O–H groups in total. The Bertz CT molecular complexity index is 570. The molecule has 3 nitrogen and oxygen atoms in total. The van der Waals surface area contributed by atoms with E-state index >= 15 is 0 Å². The Morgan fingerprint density at radius 3 is 2.62 bits per heavy atom. The van der Waals surface area contributed by atoms with Crippen LogP contribution in [0.3, 0.4) is 0 Å². The van der Waals surface area contributed by atoms with Crippen molar-refractivity contribution in [3.05, 3.63) is 58.9 Å². The van der Waals surface area contributed by atoms with Crippen molar-refractivity contribution in [2.75, 3.05) is 18.5 Å². The molecule has 0 saturated carbocycles. The molecule has 21 heavy (non-hydrogen) atoms. The van der Waals surface area contributed by atoms with Crippen molar-refractivity contribution in [3.63, 3.8) is 0 Å². The van der Waals surface area contributed by atoms with E-state index in [4.69, 9.17) is 17.3 Å². The second-order valence-electron chi connectivity index (χ2n) is 5.48. The Morgan fingerprint density at radius 1 is 1.24 bits per heavy atom. The third-order valence-corrected chi connectivity index (χ3v) is 3.72. The minimum Gasteiger partial charge on any atom is -0.374 e. The van der Waals surface area contributed by atoms with Gasteiger partial charge >= 0.3 is 0 Å². The largest absolute Gasteiger partial charge is 0.374 e. The Kier molecular flexibility index (Phi) is 5.59. The molecule has 0 saturated heterocycles. The van der Waals surface area contributed by atoms with Gasteiger partial charge in [-0.15, -0.1) is 0 Å². The highest BCUT2D eigenvalue weighted by Gasteiger charge is 2.10. The molecule has 1 atom stereocenters. The van der Waals surface area contributed by atoms with Crippen molar-refractivity contribution >= 4 is 17.3 Å². The van der Waals surface area contributed by atoms with Gasteiger partial charge in [-0.2, -0.15) is 0 Å². The topological polar surface area (TPSA) is 42.1 Å². The molecule has 1 aromatic carbocycles. The summed E-state index contributed by atoms with van der Waals surface area (Å²) in [4.78, 5) is 6.28. The molecule has 112 valence electrons. The summed E-state index contributed by atoms with van der Waals surface area (Å²) in [7, 11) is 2.09. The molecule has 0 aliphatic carbocycles. The molecule has 1 unspecified atom stereocenters. The fourth-order valence-corrected chi connectivity index (χ4v) is 2.54. The molecular formula is C17H22ClN3. The number of hydrogen-bond donors (Lipinski definition) is 1. The lowest BCUT2D eigenvalue weighted by Crippen LogP contribution is -2.24. The van der Waals surface area contributed by atoms with Gasteiger partial charge in [-0.1, -0.05) is 17.7 Å². The van der Waals surface area contributed by atoms with Crippen molar-refractivity contribution in [1.29, 1.82) is 0 Å². The number of pyridine rings is 1. The van der Waals surface area contributed by atoms with Crippen LogP contribution >= 0.6 is 11.6 Å². The molecule has 2 rings (SSSR count).